The molecule has 0 amide bonds. The Balaban J connectivity index is 1.58. The molecule has 26 heavy (non-hydrogen) atoms. The quantitative estimate of drug-likeness (QED) is 0.482. The largest absolute Gasteiger partial charge is 0.393 e. The van der Waals surface area contributed by atoms with E-state index in [9.17, 15) is 9.59 Å². The zero-order valence-corrected chi connectivity index (χ0v) is 14.7. The molecule has 0 aliphatic carbocycles. The summed E-state index contributed by atoms with van der Waals surface area (Å²) in [6, 6.07) is 26.2. The number of esters is 2. The zero-order valence-electron chi connectivity index (χ0n) is 13.9. The van der Waals surface area contributed by atoms with Crippen molar-refractivity contribution in [3.05, 3.63) is 84.4 Å². The molecule has 128 valence electrons. The summed E-state index contributed by atoms with van der Waals surface area (Å²) in [4.78, 5) is 25.4. The van der Waals surface area contributed by atoms with Crippen molar-refractivity contribution < 1.29 is 14.3 Å². The van der Waals surface area contributed by atoms with E-state index in [0.717, 1.165) is 20.9 Å². The van der Waals surface area contributed by atoms with E-state index in [1.165, 1.54) is 5.56 Å². The smallest absolute Gasteiger partial charge is 0.321 e. The Bertz CT molecular complexity index is 949. The number of carbonyl (C=O) groups is 2. The van der Waals surface area contributed by atoms with Gasteiger partial charge in [0.25, 0.3) is 0 Å². The van der Waals surface area contributed by atoms with Gasteiger partial charge in [0.1, 0.15) is 0 Å². The lowest BCUT2D eigenvalue weighted by Crippen LogP contribution is -2.06. The summed E-state index contributed by atoms with van der Waals surface area (Å²) in [5, 5.41) is 0. The summed E-state index contributed by atoms with van der Waals surface area (Å²) in [7, 11) is 0. The van der Waals surface area contributed by atoms with Gasteiger partial charge in [0.05, 0.1) is 12.3 Å². The maximum atomic E-state index is 11.9. The van der Waals surface area contributed by atoms with Gasteiger partial charge in [-0.1, -0.05) is 72.4 Å². The van der Waals surface area contributed by atoms with Crippen molar-refractivity contribution in [2.45, 2.75) is 22.1 Å². The highest BCUT2D eigenvalue weighted by Gasteiger charge is 2.35. The second kappa shape index (κ2) is 7.18. The van der Waals surface area contributed by atoms with Crippen LogP contribution in [0.2, 0.25) is 0 Å². The molecule has 1 aliphatic heterocycles. The predicted molar refractivity (Wildman–Crippen MR) is 101 cm³/mol. The molecular weight excluding hydrogens is 344 g/mol. The Hall–Kier alpha value is -2.85. The number of cyclic esters (lactones) is 2. The minimum absolute atomic E-state index is 0.114. The Morgan fingerprint density at radius 2 is 1.42 bits per heavy atom. The van der Waals surface area contributed by atoms with E-state index >= 15 is 0 Å². The highest BCUT2D eigenvalue weighted by molar-refractivity contribution is 7.99. The molecule has 1 aliphatic rings. The Morgan fingerprint density at radius 1 is 0.769 bits per heavy atom. The molecule has 0 N–H and O–H groups in total. The third-order valence-corrected chi connectivity index (χ3v) is 5.45. The molecule has 1 fully saturated rings. The fourth-order valence-electron chi connectivity index (χ4n) is 3.05. The SMILES string of the molecule is O=C1CC(c2ccccc2Sc2ccc(-c3ccccc3)cc2)C(=O)O1. The lowest BCUT2D eigenvalue weighted by Gasteiger charge is -2.12. The number of benzene rings is 3. The van der Waals surface area contributed by atoms with Crippen LogP contribution >= 0.6 is 11.8 Å². The van der Waals surface area contributed by atoms with Gasteiger partial charge in [-0.3, -0.25) is 9.59 Å². The number of rotatable bonds is 4. The molecule has 4 rings (SSSR count). The molecule has 1 heterocycles. The second-order valence-electron chi connectivity index (χ2n) is 6.08. The van der Waals surface area contributed by atoms with Crippen molar-refractivity contribution in [3.8, 4) is 11.1 Å². The second-order valence-corrected chi connectivity index (χ2v) is 7.20. The summed E-state index contributed by atoms with van der Waals surface area (Å²) in [5.41, 5.74) is 3.19. The lowest BCUT2D eigenvalue weighted by molar-refractivity contribution is -0.152. The first kappa shape index (κ1) is 16.6. The molecule has 3 nitrogen and oxygen atoms in total. The first-order valence-electron chi connectivity index (χ1n) is 8.37. The van der Waals surface area contributed by atoms with Gasteiger partial charge >= 0.3 is 11.9 Å². The Kier molecular flexibility index (Phi) is 4.59. The van der Waals surface area contributed by atoms with Gasteiger partial charge < -0.3 is 4.74 Å². The highest BCUT2D eigenvalue weighted by Crippen LogP contribution is 2.38. The van der Waals surface area contributed by atoms with Crippen LogP contribution in [0.5, 0.6) is 0 Å². The summed E-state index contributed by atoms with van der Waals surface area (Å²) in [5.74, 6) is -1.41. The number of hydrogen-bond donors (Lipinski definition) is 0. The van der Waals surface area contributed by atoms with Crippen LogP contribution in [0.3, 0.4) is 0 Å². The molecule has 1 unspecified atom stereocenters. The monoisotopic (exact) mass is 360 g/mol. The lowest BCUT2D eigenvalue weighted by atomic mass is 9.98. The molecular formula is C22H16O3S. The molecule has 0 radical (unpaired) electrons. The molecule has 0 bridgehead atoms. The van der Waals surface area contributed by atoms with Crippen molar-refractivity contribution in [2.75, 3.05) is 0 Å². The van der Waals surface area contributed by atoms with Gasteiger partial charge in [-0.05, 0) is 34.9 Å². The van der Waals surface area contributed by atoms with E-state index in [0.29, 0.717) is 0 Å². The van der Waals surface area contributed by atoms with Crippen molar-refractivity contribution >= 4 is 23.7 Å². The van der Waals surface area contributed by atoms with Crippen LogP contribution in [0.25, 0.3) is 11.1 Å². The third-order valence-electron chi connectivity index (χ3n) is 4.35. The number of hydrogen-bond acceptors (Lipinski definition) is 4. The van der Waals surface area contributed by atoms with Crippen LogP contribution in [0, 0.1) is 0 Å². The van der Waals surface area contributed by atoms with Gasteiger partial charge in [-0.25, -0.2) is 0 Å². The van der Waals surface area contributed by atoms with Crippen LogP contribution in [0.15, 0.2) is 88.7 Å². The molecule has 0 spiro atoms. The minimum atomic E-state index is -0.505. The van der Waals surface area contributed by atoms with Crippen molar-refractivity contribution in [1.29, 1.82) is 0 Å². The van der Waals surface area contributed by atoms with Crippen LogP contribution in [-0.4, -0.2) is 11.9 Å². The Labute approximate surface area is 156 Å². The maximum Gasteiger partial charge on any atom is 0.321 e. The fraction of sp³-hybridized carbons (Fsp3) is 0.0909. The average molecular weight is 360 g/mol. The van der Waals surface area contributed by atoms with E-state index in [1.54, 1.807) is 11.8 Å². The van der Waals surface area contributed by atoms with Gasteiger partial charge in [-0.2, -0.15) is 0 Å². The predicted octanol–water partition coefficient (Wildman–Crippen LogP) is 5.06. The highest BCUT2D eigenvalue weighted by atomic mass is 32.2. The van der Waals surface area contributed by atoms with E-state index in [2.05, 4.69) is 36.4 Å². The van der Waals surface area contributed by atoms with Gasteiger partial charge in [0.2, 0.25) is 0 Å². The normalized spacial score (nSPS) is 16.5. The van der Waals surface area contributed by atoms with E-state index in [4.69, 9.17) is 4.74 Å². The number of ether oxygens (including phenoxy) is 1. The first-order valence-corrected chi connectivity index (χ1v) is 9.19. The minimum Gasteiger partial charge on any atom is -0.393 e. The summed E-state index contributed by atoms with van der Waals surface area (Å²) in [6.45, 7) is 0. The molecule has 1 atom stereocenters. The van der Waals surface area contributed by atoms with E-state index in [-0.39, 0.29) is 6.42 Å². The van der Waals surface area contributed by atoms with Crippen LogP contribution in [0.1, 0.15) is 17.9 Å². The van der Waals surface area contributed by atoms with Crippen LogP contribution in [-0.2, 0) is 14.3 Å². The molecule has 1 saturated heterocycles. The molecule has 0 saturated carbocycles. The Morgan fingerprint density at radius 3 is 2.12 bits per heavy atom. The molecule has 3 aromatic carbocycles. The summed E-state index contributed by atoms with van der Waals surface area (Å²) < 4.78 is 4.71. The third kappa shape index (κ3) is 3.41. The van der Waals surface area contributed by atoms with Crippen molar-refractivity contribution in [2.24, 2.45) is 0 Å². The fourth-order valence-corrected chi connectivity index (χ4v) is 4.05. The zero-order chi connectivity index (χ0) is 17.9. The molecule has 0 aromatic heterocycles. The maximum absolute atomic E-state index is 11.9. The van der Waals surface area contributed by atoms with E-state index in [1.807, 2.05) is 42.5 Å². The average Bonchev–Trinajstić information content (AvgIpc) is 3.01. The molecule has 3 aromatic rings. The van der Waals surface area contributed by atoms with Crippen LogP contribution < -0.4 is 0 Å². The van der Waals surface area contributed by atoms with Gasteiger partial charge in [0, 0.05) is 9.79 Å². The van der Waals surface area contributed by atoms with Gasteiger partial charge in [-0.15, -0.1) is 0 Å². The van der Waals surface area contributed by atoms with Crippen molar-refractivity contribution in [3.63, 3.8) is 0 Å². The standard InChI is InChI=1S/C22H16O3S/c23-21-14-19(22(24)25-21)18-8-4-5-9-20(18)26-17-12-10-16(11-13-17)15-6-2-1-3-7-15/h1-13,19H,14H2. The number of carbonyl (C=O) groups excluding carboxylic acids is 2. The first-order chi connectivity index (χ1) is 12.7. The van der Waals surface area contributed by atoms with Crippen molar-refractivity contribution in [1.82, 2.24) is 0 Å². The molecule has 4 heteroatoms. The van der Waals surface area contributed by atoms with Gasteiger partial charge in [0.15, 0.2) is 0 Å². The topological polar surface area (TPSA) is 43.4 Å². The summed E-state index contributed by atoms with van der Waals surface area (Å²) in [6.07, 6.45) is 0.114. The van der Waals surface area contributed by atoms with E-state index < -0.39 is 17.9 Å². The summed E-state index contributed by atoms with van der Waals surface area (Å²) >= 11 is 1.59. The van der Waals surface area contributed by atoms with Crippen LogP contribution in [0.4, 0.5) is 0 Å².